The van der Waals surface area contributed by atoms with Gasteiger partial charge in [-0.25, -0.2) is 9.63 Å². The predicted octanol–water partition coefficient (Wildman–Crippen LogP) is 4.42. The zero-order valence-electron chi connectivity index (χ0n) is 18.6. The zero-order chi connectivity index (χ0) is 22.9. The second kappa shape index (κ2) is 11.7. The lowest BCUT2D eigenvalue weighted by Gasteiger charge is -2.19. The van der Waals surface area contributed by atoms with Crippen LogP contribution in [0.15, 0.2) is 57.9 Å². The third-order valence-electron chi connectivity index (χ3n) is 5.25. The van der Waals surface area contributed by atoms with Gasteiger partial charge in [0.15, 0.2) is 5.69 Å². The largest absolute Gasteiger partial charge is 0.331 e. The van der Waals surface area contributed by atoms with Crippen LogP contribution < -0.4 is 16.1 Å². The van der Waals surface area contributed by atoms with Crippen molar-refractivity contribution >= 4 is 33.1 Å². The fourth-order valence-corrected chi connectivity index (χ4v) is 5.42. The molecular formula is C22H30N7O2S+. The maximum atomic E-state index is 12.7. The molecule has 9 nitrogen and oxygen atoms in total. The summed E-state index contributed by atoms with van der Waals surface area (Å²) in [6.45, 7) is 2.99. The van der Waals surface area contributed by atoms with Crippen molar-refractivity contribution in [2.24, 2.45) is 4.52 Å². The molecule has 170 valence electrons. The summed E-state index contributed by atoms with van der Waals surface area (Å²) in [6, 6.07) is 15.0. The van der Waals surface area contributed by atoms with Crippen LogP contribution in [0.5, 0.6) is 0 Å². The summed E-state index contributed by atoms with van der Waals surface area (Å²) in [4.78, 5) is 25.1. The first-order valence-electron chi connectivity index (χ1n) is 10.6. The molecule has 2 aromatic rings. The summed E-state index contributed by atoms with van der Waals surface area (Å²) in [7, 11) is 2.93. The number of rotatable bonds is 8. The van der Waals surface area contributed by atoms with Crippen LogP contribution in [0.4, 0.5) is 16.2 Å². The highest BCUT2D eigenvalue weighted by molar-refractivity contribution is 8.14. The molecule has 0 aromatic heterocycles. The van der Waals surface area contributed by atoms with E-state index in [1.807, 2.05) is 62.5 Å². The molecule has 1 saturated heterocycles. The third kappa shape index (κ3) is 6.09. The molecule has 1 aliphatic heterocycles. The number of likely N-dealkylation sites (tertiary alicyclic amines) is 1. The highest BCUT2D eigenvalue weighted by Crippen LogP contribution is 2.35. The van der Waals surface area contributed by atoms with Crippen molar-refractivity contribution in [3.8, 4) is 0 Å². The van der Waals surface area contributed by atoms with Crippen molar-refractivity contribution in [2.75, 3.05) is 26.0 Å². The maximum Gasteiger partial charge on any atom is 0.319 e. The molecule has 1 aliphatic rings. The number of carbonyl (C=O) groups excluding carboxylic acids is 1. The maximum absolute atomic E-state index is 12.7. The van der Waals surface area contributed by atoms with E-state index in [0.29, 0.717) is 5.69 Å². The van der Waals surface area contributed by atoms with E-state index >= 15 is 0 Å². The fourth-order valence-electron chi connectivity index (χ4n) is 3.72. The number of amides is 2. The molecular weight excluding hydrogens is 426 g/mol. The number of benzene rings is 2. The molecule has 3 rings (SSSR count). The van der Waals surface area contributed by atoms with Crippen molar-refractivity contribution in [1.82, 2.24) is 10.2 Å². The average Bonchev–Trinajstić information content (AvgIpc) is 3.22. The van der Waals surface area contributed by atoms with E-state index in [1.54, 1.807) is 12.6 Å². The Hall–Kier alpha value is -2.88. The minimum atomic E-state index is -0.701. The number of azide groups is 1. The van der Waals surface area contributed by atoms with Crippen LogP contribution in [0, 0.1) is 0 Å². The van der Waals surface area contributed by atoms with E-state index in [-0.39, 0.29) is 12.1 Å². The number of nitrogens with zero attached hydrogens (tertiary/aromatic N) is 4. The third-order valence-corrected chi connectivity index (χ3v) is 7.15. The van der Waals surface area contributed by atoms with Crippen molar-refractivity contribution in [1.29, 1.82) is 0 Å². The SMILES string of the molecule is CC[C@H](NC(=O)Nc1cccc(/S(N=[N+]=[N-])=C2/CCCN2C)c1)c1cccc([NH2+]OC)c1. The van der Waals surface area contributed by atoms with E-state index in [4.69, 9.17) is 10.4 Å². The molecule has 0 saturated carbocycles. The Morgan fingerprint density at radius 2 is 2.16 bits per heavy atom. The van der Waals surface area contributed by atoms with Crippen LogP contribution >= 0.6 is 10.7 Å². The quantitative estimate of drug-likeness (QED) is 0.136. The monoisotopic (exact) mass is 456 g/mol. The molecule has 2 amide bonds. The highest BCUT2D eigenvalue weighted by atomic mass is 32.2. The lowest BCUT2D eigenvalue weighted by molar-refractivity contribution is -0.830. The van der Waals surface area contributed by atoms with Crippen LogP contribution in [0.2, 0.25) is 0 Å². The minimum Gasteiger partial charge on any atom is -0.331 e. The minimum absolute atomic E-state index is 0.135. The van der Waals surface area contributed by atoms with E-state index in [9.17, 15) is 4.79 Å². The summed E-state index contributed by atoms with van der Waals surface area (Å²) in [5.41, 5.74) is 13.4. The van der Waals surface area contributed by atoms with Crippen molar-refractivity contribution in [2.45, 2.75) is 37.1 Å². The van der Waals surface area contributed by atoms with Gasteiger partial charge in [-0.15, -0.1) is 0 Å². The molecule has 1 unspecified atom stereocenters. The molecule has 1 heterocycles. The van der Waals surface area contributed by atoms with Crippen LogP contribution in [-0.2, 0) is 4.84 Å². The molecule has 10 heteroatoms. The second-order valence-electron chi connectivity index (χ2n) is 7.49. The number of urea groups is 1. The highest BCUT2D eigenvalue weighted by Gasteiger charge is 2.19. The molecule has 0 radical (unpaired) electrons. The van der Waals surface area contributed by atoms with Gasteiger partial charge in [-0.05, 0) is 60.1 Å². The number of nitrogens with one attached hydrogen (secondary N) is 2. The number of hydrogen-bond acceptors (Lipinski definition) is 3. The van der Waals surface area contributed by atoms with Crippen LogP contribution in [-0.4, -0.2) is 36.6 Å². The first kappa shape index (κ1) is 23.8. The van der Waals surface area contributed by atoms with Gasteiger partial charge in [0.2, 0.25) is 0 Å². The van der Waals surface area contributed by atoms with Crippen molar-refractivity contribution in [3.05, 3.63) is 64.5 Å². The van der Waals surface area contributed by atoms with Gasteiger partial charge in [0.25, 0.3) is 0 Å². The molecule has 4 N–H and O–H groups in total. The zero-order valence-corrected chi connectivity index (χ0v) is 19.4. The molecule has 0 aliphatic carbocycles. The van der Waals surface area contributed by atoms with Crippen molar-refractivity contribution in [3.63, 3.8) is 0 Å². The Morgan fingerprint density at radius 1 is 1.34 bits per heavy atom. The van der Waals surface area contributed by atoms with Gasteiger partial charge < -0.3 is 10.6 Å². The standard InChI is InChI=1S/C22H29N7O2S/c1-4-20(16-8-5-10-18(14-16)26-31-3)25-22(30)24-17-9-6-11-19(15-17)32(28-27-23)21-12-7-13-29(21)2/h5-6,8-11,14-15,20,26H,4,7,12-13H2,1-3H3,(H2,24,25,30)/p+1/t20-,32?/m0/s1. The number of anilines is 1. The molecule has 32 heavy (non-hydrogen) atoms. The van der Waals surface area contributed by atoms with E-state index < -0.39 is 10.7 Å². The number of quaternary nitrogens is 1. The molecule has 0 bridgehead atoms. The Labute approximate surface area is 190 Å². The van der Waals surface area contributed by atoms with Gasteiger partial charge in [-0.2, -0.15) is 5.48 Å². The molecule has 2 atom stereocenters. The second-order valence-corrected chi connectivity index (χ2v) is 9.16. The van der Waals surface area contributed by atoms with Crippen LogP contribution in [0.1, 0.15) is 37.8 Å². The summed E-state index contributed by atoms with van der Waals surface area (Å²) >= 11 is 0. The van der Waals surface area contributed by atoms with Crippen LogP contribution in [0.25, 0.3) is 10.4 Å². The van der Waals surface area contributed by atoms with Gasteiger partial charge in [0.1, 0.15) is 0 Å². The summed E-state index contributed by atoms with van der Waals surface area (Å²) in [5, 5.41) is 5.96. The van der Waals surface area contributed by atoms with Gasteiger partial charge in [0.05, 0.1) is 13.2 Å². The molecule has 2 aromatic carbocycles. The normalized spacial score (nSPS) is 16.8. The Balaban J connectivity index is 1.75. The molecule has 0 spiro atoms. The summed E-state index contributed by atoms with van der Waals surface area (Å²) in [6.07, 6.45) is 2.71. The summed E-state index contributed by atoms with van der Waals surface area (Å²) < 4.78 is 4.06. The van der Waals surface area contributed by atoms with Crippen LogP contribution in [0.3, 0.4) is 0 Å². The number of nitrogens with two attached hydrogens (primary N) is 1. The Morgan fingerprint density at radius 3 is 2.84 bits per heavy atom. The molecule has 1 fully saturated rings. The number of carbonyl (C=O) groups is 1. The van der Waals surface area contributed by atoms with Gasteiger partial charge in [-0.3, -0.25) is 4.90 Å². The Kier molecular flexibility index (Phi) is 8.66. The van der Waals surface area contributed by atoms with Gasteiger partial charge >= 0.3 is 6.03 Å². The fraction of sp³-hybridized carbons (Fsp3) is 0.364. The number of hydrogen-bond donors (Lipinski definition) is 3. The lowest BCUT2D eigenvalue weighted by atomic mass is 10.0. The average molecular weight is 457 g/mol. The summed E-state index contributed by atoms with van der Waals surface area (Å²) in [5.74, 6) is 0. The first-order chi connectivity index (χ1) is 15.5. The van der Waals surface area contributed by atoms with E-state index in [1.165, 1.54) is 0 Å². The topological polar surface area (TPSA) is 119 Å². The smallest absolute Gasteiger partial charge is 0.319 e. The lowest BCUT2D eigenvalue weighted by Crippen LogP contribution is -2.75. The first-order valence-corrected chi connectivity index (χ1v) is 11.7. The predicted molar refractivity (Wildman–Crippen MR) is 129 cm³/mol. The van der Waals surface area contributed by atoms with Gasteiger partial charge in [-0.1, -0.05) is 35.8 Å². The van der Waals surface area contributed by atoms with E-state index in [2.05, 4.69) is 25.0 Å². The van der Waals surface area contributed by atoms with E-state index in [0.717, 1.165) is 46.9 Å². The van der Waals surface area contributed by atoms with Crippen molar-refractivity contribution < 1.29 is 15.1 Å². The van der Waals surface area contributed by atoms with Gasteiger partial charge in [0, 0.05) is 39.2 Å². The Bertz CT molecular complexity index is 1040.